The van der Waals surface area contributed by atoms with Gasteiger partial charge in [-0.05, 0) is 30.3 Å². The Balaban J connectivity index is 1.61. The normalized spacial score (nSPS) is 13.7. The summed E-state index contributed by atoms with van der Waals surface area (Å²) >= 11 is 6.14. The third kappa shape index (κ3) is 4.63. The topological polar surface area (TPSA) is 77.3 Å². The van der Waals surface area contributed by atoms with Crippen molar-refractivity contribution in [2.45, 2.75) is 13.3 Å². The van der Waals surface area contributed by atoms with Gasteiger partial charge in [0.25, 0.3) is 5.91 Å². The van der Waals surface area contributed by atoms with E-state index in [1.807, 2.05) is 31.2 Å². The predicted molar refractivity (Wildman–Crippen MR) is 131 cm³/mol. The summed E-state index contributed by atoms with van der Waals surface area (Å²) in [4.78, 5) is 22.1. The molecule has 1 aliphatic rings. The Morgan fingerprint density at radius 2 is 1.71 bits per heavy atom. The average Bonchev–Trinajstić information content (AvgIpc) is 3.32. The summed E-state index contributed by atoms with van der Waals surface area (Å²) in [6.07, 6.45) is 0.563. The van der Waals surface area contributed by atoms with E-state index >= 15 is 0 Å². The van der Waals surface area contributed by atoms with Crippen LogP contribution in [0.5, 0.6) is 17.2 Å². The monoisotopic (exact) mass is 485 g/mol. The van der Waals surface area contributed by atoms with Crippen LogP contribution in [0, 0.1) is 0 Å². The molecule has 4 rings (SSSR count). The molecule has 1 aromatic heterocycles. The summed E-state index contributed by atoms with van der Waals surface area (Å²) in [6.45, 7) is 4.44. The first-order chi connectivity index (χ1) is 16.5. The number of hydrogen-bond donors (Lipinski definition) is 0. The molecule has 0 aliphatic carbocycles. The van der Waals surface area contributed by atoms with Gasteiger partial charge in [-0.2, -0.15) is 0 Å². The molecular weight excluding hydrogens is 458 g/mol. The highest BCUT2D eigenvalue weighted by molar-refractivity contribution is 6.30. The average molecular weight is 486 g/mol. The highest BCUT2D eigenvalue weighted by atomic mass is 35.5. The molecule has 0 N–H and O–H groups in total. The molecule has 1 aliphatic heterocycles. The number of anilines is 1. The number of benzene rings is 2. The fraction of sp³-hybridized carbons (Fsp3) is 0.360. The molecule has 0 saturated carbocycles. The Bertz CT molecular complexity index is 1150. The molecule has 3 aromatic rings. The van der Waals surface area contributed by atoms with E-state index < -0.39 is 0 Å². The van der Waals surface area contributed by atoms with Gasteiger partial charge in [-0.1, -0.05) is 24.6 Å². The number of methoxy groups -OCH3 is 3. The molecule has 1 amide bonds. The molecule has 180 valence electrons. The number of carbonyl (C=O) groups excluding carboxylic acids is 1. The van der Waals surface area contributed by atoms with Crippen LogP contribution >= 0.6 is 11.6 Å². The lowest BCUT2D eigenvalue weighted by molar-refractivity contribution is 0.0714. The molecular formula is C25H28ClN3O5. The van der Waals surface area contributed by atoms with Crippen molar-refractivity contribution < 1.29 is 23.4 Å². The van der Waals surface area contributed by atoms with Crippen LogP contribution in [0.15, 0.2) is 40.8 Å². The number of aromatic nitrogens is 1. The Labute approximate surface area is 204 Å². The molecule has 2 aromatic carbocycles. The van der Waals surface area contributed by atoms with E-state index in [0.29, 0.717) is 72.0 Å². The van der Waals surface area contributed by atoms with Gasteiger partial charge in [-0.15, -0.1) is 0 Å². The van der Waals surface area contributed by atoms with E-state index in [-0.39, 0.29) is 11.7 Å². The lowest BCUT2D eigenvalue weighted by Crippen LogP contribution is -2.48. The molecule has 0 atom stereocenters. The fourth-order valence-corrected chi connectivity index (χ4v) is 4.24. The molecule has 8 nitrogen and oxygen atoms in total. The molecule has 0 bridgehead atoms. The summed E-state index contributed by atoms with van der Waals surface area (Å²) in [7, 11) is 4.64. The van der Waals surface area contributed by atoms with Crippen molar-refractivity contribution in [1.82, 2.24) is 9.88 Å². The summed E-state index contributed by atoms with van der Waals surface area (Å²) < 4.78 is 22.3. The van der Waals surface area contributed by atoms with Crippen LogP contribution in [0.2, 0.25) is 5.02 Å². The van der Waals surface area contributed by atoms with Crippen molar-refractivity contribution in [3.63, 3.8) is 0 Å². The van der Waals surface area contributed by atoms with E-state index in [4.69, 9.17) is 30.2 Å². The Morgan fingerprint density at radius 1 is 1.03 bits per heavy atom. The zero-order chi connectivity index (χ0) is 24.2. The molecule has 2 heterocycles. The first-order valence-electron chi connectivity index (χ1n) is 11.1. The van der Waals surface area contributed by atoms with Crippen LogP contribution in [-0.4, -0.2) is 63.3 Å². The minimum absolute atomic E-state index is 0.193. The lowest BCUT2D eigenvalue weighted by atomic mass is 10.1. The van der Waals surface area contributed by atoms with Gasteiger partial charge in [0, 0.05) is 48.9 Å². The predicted octanol–water partition coefficient (Wildman–Crippen LogP) is 4.55. The number of hydrogen-bond acceptors (Lipinski definition) is 7. The van der Waals surface area contributed by atoms with Gasteiger partial charge in [0.1, 0.15) is 5.69 Å². The standard InChI is InChI=1S/C25H28ClN3O5/c1-5-21-27-22(16-13-19(31-2)23(33-4)20(14-16)32-3)24(34-21)25(30)29-11-9-28(10-12-29)18-8-6-7-17(26)15-18/h6-8,13-15H,5,9-12H2,1-4H3. The Kier molecular flexibility index (Phi) is 7.17. The summed E-state index contributed by atoms with van der Waals surface area (Å²) in [6, 6.07) is 11.3. The Hall–Kier alpha value is -3.39. The van der Waals surface area contributed by atoms with Crippen LogP contribution in [0.1, 0.15) is 23.4 Å². The van der Waals surface area contributed by atoms with Gasteiger partial charge in [0.15, 0.2) is 17.4 Å². The van der Waals surface area contributed by atoms with Crippen LogP contribution in [0.3, 0.4) is 0 Å². The van der Waals surface area contributed by atoms with Gasteiger partial charge < -0.3 is 28.4 Å². The first kappa shape index (κ1) is 23.8. The van der Waals surface area contributed by atoms with Gasteiger partial charge in [0.2, 0.25) is 11.5 Å². The second-order valence-electron chi connectivity index (χ2n) is 7.81. The first-order valence-corrected chi connectivity index (χ1v) is 11.5. The molecule has 0 unspecified atom stereocenters. The largest absolute Gasteiger partial charge is 0.493 e. The third-order valence-corrected chi connectivity index (χ3v) is 6.08. The summed E-state index contributed by atoms with van der Waals surface area (Å²) in [5.41, 5.74) is 2.16. The van der Waals surface area contributed by atoms with Crippen molar-refractivity contribution in [3.8, 4) is 28.5 Å². The van der Waals surface area contributed by atoms with E-state index in [9.17, 15) is 4.79 Å². The highest BCUT2D eigenvalue weighted by Gasteiger charge is 2.29. The van der Waals surface area contributed by atoms with Crippen LogP contribution in [0.4, 0.5) is 5.69 Å². The zero-order valence-corrected chi connectivity index (χ0v) is 20.5. The number of nitrogens with zero attached hydrogens (tertiary/aromatic N) is 3. The maximum Gasteiger partial charge on any atom is 0.292 e. The molecule has 0 spiro atoms. The van der Waals surface area contributed by atoms with Crippen molar-refractivity contribution in [1.29, 1.82) is 0 Å². The SMILES string of the molecule is CCc1nc(-c2cc(OC)c(OC)c(OC)c2)c(C(=O)N2CCN(c3cccc(Cl)c3)CC2)o1. The van der Waals surface area contributed by atoms with Gasteiger partial charge in [-0.25, -0.2) is 4.98 Å². The van der Waals surface area contributed by atoms with Gasteiger partial charge in [0.05, 0.1) is 21.3 Å². The van der Waals surface area contributed by atoms with Crippen LogP contribution in [0.25, 0.3) is 11.3 Å². The van der Waals surface area contributed by atoms with E-state index in [1.54, 1.807) is 38.4 Å². The van der Waals surface area contributed by atoms with Crippen LogP contribution in [-0.2, 0) is 6.42 Å². The number of carbonyl (C=O) groups is 1. The minimum Gasteiger partial charge on any atom is -0.493 e. The number of amides is 1. The number of aryl methyl sites for hydroxylation is 1. The van der Waals surface area contributed by atoms with Crippen LogP contribution < -0.4 is 19.1 Å². The molecule has 9 heteroatoms. The number of piperazine rings is 1. The number of halogens is 1. The summed E-state index contributed by atoms with van der Waals surface area (Å²) in [5, 5.41) is 0.694. The highest BCUT2D eigenvalue weighted by Crippen LogP contribution is 2.42. The quantitative estimate of drug-likeness (QED) is 0.486. The van der Waals surface area contributed by atoms with Gasteiger partial charge in [-0.3, -0.25) is 4.79 Å². The third-order valence-electron chi connectivity index (χ3n) is 5.85. The fourth-order valence-electron chi connectivity index (χ4n) is 4.06. The maximum absolute atomic E-state index is 13.5. The van der Waals surface area contributed by atoms with E-state index in [0.717, 1.165) is 5.69 Å². The number of rotatable bonds is 7. The van der Waals surface area contributed by atoms with Crippen molar-refractivity contribution in [3.05, 3.63) is 53.1 Å². The van der Waals surface area contributed by atoms with Gasteiger partial charge >= 0.3 is 0 Å². The number of oxazole rings is 1. The zero-order valence-electron chi connectivity index (χ0n) is 19.8. The molecule has 0 radical (unpaired) electrons. The van der Waals surface area contributed by atoms with Crippen molar-refractivity contribution >= 4 is 23.2 Å². The lowest BCUT2D eigenvalue weighted by Gasteiger charge is -2.35. The maximum atomic E-state index is 13.5. The smallest absolute Gasteiger partial charge is 0.292 e. The minimum atomic E-state index is -0.193. The van der Waals surface area contributed by atoms with E-state index in [1.165, 1.54) is 0 Å². The van der Waals surface area contributed by atoms with Crippen molar-refractivity contribution in [2.75, 3.05) is 52.4 Å². The van der Waals surface area contributed by atoms with Crippen molar-refractivity contribution in [2.24, 2.45) is 0 Å². The second-order valence-corrected chi connectivity index (χ2v) is 8.25. The second kappa shape index (κ2) is 10.3. The number of ether oxygens (including phenoxy) is 3. The molecule has 1 saturated heterocycles. The van der Waals surface area contributed by atoms with E-state index in [2.05, 4.69) is 9.88 Å². The summed E-state index contributed by atoms with van der Waals surface area (Å²) in [5.74, 6) is 1.93. The molecule has 34 heavy (non-hydrogen) atoms. The Morgan fingerprint density at radius 3 is 2.26 bits per heavy atom. The molecule has 1 fully saturated rings.